The quantitative estimate of drug-likeness (QED) is 0.688. The third kappa shape index (κ3) is 4.36. The third-order valence-corrected chi connectivity index (χ3v) is 8.28. The zero-order valence-corrected chi connectivity index (χ0v) is 18.8. The first-order valence-electron chi connectivity index (χ1n) is 11.6. The number of aliphatic hydroxyl groups is 1. The topological polar surface area (TPSA) is 114 Å². The Labute approximate surface area is 187 Å². The largest absolute Gasteiger partial charge is 0.388 e. The molecule has 0 aromatic carbocycles. The van der Waals surface area contributed by atoms with Crippen LogP contribution in [-0.4, -0.2) is 51.2 Å². The Kier molecular flexibility index (Phi) is 5.33. The normalized spacial score (nSPS) is 32.5. The molecule has 0 saturated heterocycles. The van der Waals surface area contributed by atoms with Crippen molar-refractivity contribution in [2.24, 2.45) is 0 Å². The van der Waals surface area contributed by atoms with Crippen molar-refractivity contribution in [1.29, 1.82) is 0 Å². The van der Waals surface area contributed by atoms with Gasteiger partial charge < -0.3 is 10.4 Å². The molecule has 11 heteroatoms. The summed E-state index contributed by atoms with van der Waals surface area (Å²) in [5.74, 6) is -0.00326. The molecule has 4 rings (SSSR count). The molecular formula is C21H28F2N4O4S. The van der Waals surface area contributed by atoms with Crippen molar-refractivity contribution in [2.45, 2.75) is 81.2 Å². The lowest BCUT2D eigenvalue weighted by Gasteiger charge is -2.29. The van der Waals surface area contributed by atoms with Crippen molar-refractivity contribution in [1.82, 2.24) is 14.5 Å². The lowest BCUT2D eigenvalue weighted by molar-refractivity contribution is 0.0261. The Morgan fingerprint density at radius 1 is 1.34 bits per heavy atom. The Hall–Kier alpha value is -2.14. The molecule has 2 N–H and O–H groups in total. The van der Waals surface area contributed by atoms with Gasteiger partial charge in [0.15, 0.2) is 0 Å². The summed E-state index contributed by atoms with van der Waals surface area (Å²) in [4.78, 5) is 21.6. The molecule has 0 bridgehead atoms. The summed E-state index contributed by atoms with van der Waals surface area (Å²) in [6.45, 7) is 1.54. The Morgan fingerprint density at radius 2 is 2.03 bits per heavy atom. The molecule has 0 unspecified atom stereocenters. The van der Waals surface area contributed by atoms with E-state index in [1.807, 2.05) is 0 Å². The van der Waals surface area contributed by atoms with Gasteiger partial charge in [-0.3, -0.25) is 9.36 Å². The van der Waals surface area contributed by atoms with Crippen LogP contribution in [0.1, 0.15) is 72.6 Å². The summed E-state index contributed by atoms with van der Waals surface area (Å²) >= 11 is 0. The predicted octanol–water partition coefficient (Wildman–Crippen LogP) is 2.97. The molecule has 0 spiro atoms. The molecule has 2 aromatic rings. The molecule has 2 heterocycles. The van der Waals surface area contributed by atoms with E-state index in [1.54, 1.807) is 0 Å². The Balaban J connectivity index is 1.76. The number of aromatic nitrogens is 3. The van der Waals surface area contributed by atoms with Crippen LogP contribution in [-0.2, 0) is 9.84 Å². The molecule has 176 valence electrons. The minimum Gasteiger partial charge on any atom is -0.388 e. The van der Waals surface area contributed by atoms with E-state index in [2.05, 4.69) is 15.3 Å². The number of fused-ring (bicyclic) bond motifs is 1. The number of hydrogen-bond acceptors (Lipinski definition) is 7. The number of sulfone groups is 1. The van der Waals surface area contributed by atoms with Crippen LogP contribution in [0.25, 0.3) is 11.0 Å². The molecule has 32 heavy (non-hydrogen) atoms. The number of alkyl halides is 2. The van der Waals surface area contributed by atoms with E-state index in [0.717, 1.165) is 10.6 Å². The molecule has 8 nitrogen and oxygen atoms in total. The van der Waals surface area contributed by atoms with Gasteiger partial charge in [0.1, 0.15) is 16.9 Å². The number of hydrogen-bond donors (Lipinski definition) is 2. The molecule has 0 amide bonds. The van der Waals surface area contributed by atoms with Gasteiger partial charge in [-0.05, 0) is 57.9 Å². The lowest BCUT2D eigenvalue weighted by Crippen LogP contribution is -2.38. The van der Waals surface area contributed by atoms with Crippen molar-refractivity contribution < 1.29 is 25.0 Å². The third-order valence-electron chi connectivity index (χ3n) is 6.60. The summed E-state index contributed by atoms with van der Waals surface area (Å²) in [6.07, 6.45) is 0.698. The van der Waals surface area contributed by atoms with Gasteiger partial charge in [-0.2, -0.15) is 4.98 Å². The van der Waals surface area contributed by atoms with Gasteiger partial charge in [0.2, 0.25) is 5.95 Å². The van der Waals surface area contributed by atoms with E-state index in [-0.39, 0.29) is 29.8 Å². The van der Waals surface area contributed by atoms with Crippen molar-refractivity contribution in [3.05, 3.63) is 28.2 Å². The zero-order chi connectivity index (χ0) is 25.1. The van der Waals surface area contributed by atoms with Crippen LogP contribution in [0, 0.1) is 0 Å². The highest BCUT2D eigenvalue weighted by Gasteiger charge is 2.40. The van der Waals surface area contributed by atoms with Crippen LogP contribution in [0.5, 0.6) is 0 Å². The summed E-state index contributed by atoms with van der Waals surface area (Å²) in [5.41, 5.74) is -3.43. The molecule has 2 aliphatic carbocycles. The SMILES string of the molecule is [2H]C1(Nc2ncc3cc(C([2H])(F)F)c(=O)n([C@@H]4CCC[C@@]4(C)O)c3n2)CCC(S(C)(=O)=O)CC1. The zero-order valence-electron chi connectivity index (χ0n) is 19.9. The van der Waals surface area contributed by atoms with Crippen LogP contribution >= 0.6 is 0 Å². The second kappa shape index (κ2) is 8.33. The molecule has 2 aromatic heterocycles. The van der Waals surface area contributed by atoms with Gasteiger partial charge in [0.05, 0.1) is 23.8 Å². The van der Waals surface area contributed by atoms with Gasteiger partial charge in [0, 0.05) is 23.9 Å². The predicted molar refractivity (Wildman–Crippen MR) is 117 cm³/mol. The van der Waals surface area contributed by atoms with Crippen molar-refractivity contribution >= 4 is 26.8 Å². The van der Waals surface area contributed by atoms with E-state index < -0.39 is 50.3 Å². The number of nitrogens with one attached hydrogen (secondary N) is 1. The number of anilines is 1. The Morgan fingerprint density at radius 3 is 2.59 bits per heavy atom. The highest BCUT2D eigenvalue weighted by molar-refractivity contribution is 7.91. The maximum atomic E-state index is 13.9. The van der Waals surface area contributed by atoms with Crippen LogP contribution in [0.15, 0.2) is 17.1 Å². The fourth-order valence-electron chi connectivity index (χ4n) is 4.79. The highest BCUT2D eigenvalue weighted by Crippen LogP contribution is 2.40. The van der Waals surface area contributed by atoms with Crippen LogP contribution in [0.3, 0.4) is 0 Å². The van der Waals surface area contributed by atoms with E-state index in [4.69, 9.17) is 2.74 Å². The maximum absolute atomic E-state index is 13.9. The summed E-state index contributed by atoms with van der Waals surface area (Å²) in [6, 6.07) is -1.15. The minimum atomic E-state index is -4.14. The first-order valence-corrected chi connectivity index (χ1v) is 12.6. The molecule has 0 aliphatic heterocycles. The molecule has 2 fully saturated rings. The number of rotatable bonds is 5. The number of halogens is 2. The van der Waals surface area contributed by atoms with Crippen LogP contribution in [0.2, 0.25) is 0 Å². The fourth-order valence-corrected chi connectivity index (χ4v) is 5.89. The summed E-state index contributed by atoms with van der Waals surface area (Å²) < 4.78 is 68.3. The fraction of sp³-hybridized carbons (Fsp3) is 0.667. The van der Waals surface area contributed by atoms with E-state index >= 15 is 0 Å². The van der Waals surface area contributed by atoms with Gasteiger partial charge in [0.25, 0.3) is 12.0 Å². The maximum Gasteiger partial charge on any atom is 0.269 e. The standard InChI is InChI=1S/C21H28F2N4O4S/c1-21(29)9-3-4-16(21)27-18-12(10-15(17(22)23)19(27)28)11-24-20(26-18)25-13-5-7-14(8-6-13)32(2,30)31/h10-11,13-14,16-17,29H,3-9H2,1-2H3,(H,24,25,26)/t13?,14?,16-,21-/m1/s1/i13D,17D. The van der Waals surface area contributed by atoms with Crippen molar-refractivity contribution in [2.75, 3.05) is 11.6 Å². The second-order valence-corrected chi connectivity index (χ2v) is 11.3. The molecular weight excluding hydrogens is 442 g/mol. The van der Waals surface area contributed by atoms with Crippen molar-refractivity contribution in [3.63, 3.8) is 0 Å². The number of pyridine rings is 1. The van der Waals surface area contributed by atoms with E-state index in [0.29, 0.717) is 32.1 Å². The minimum absolute atomic E-state index is 0.00326. The summed E-state index contributed by atoms with van der Waals surface area (Å²) in [5, 5.41) is 13.3. The van der Waals surface area contributed by atoms with Gasteiger partial charge >= 0.3 is 0 Å². The van der Waals surface area contributed by atoms with Gasteiger partial charge in [-0.25, -0.2) is 22.2 Å². The first-order chi connectivity index (χ1) is 15.6. The average Bonchev–Trinajstić information content (AvgIpc) is 3.04. The van der Waals surface area contributed by atoms with Gasteiger partial charge in [-0.15, -0.1) is 0 Å². The van der Waals surface area contributed by atoms with E-state index in [1.165, 1.54) is 19.4 Å². The molecule has 2 atom stereocenters. The molecule has 2 aliphatic rings. The van der Waals surface area contributed by atoms with Crippen molar-refractivity contribution in [3.8, 4) is 0 Å². The number of nitrogens with zero attached hydrogens (tertiary/aromatic N) is 3. The van der Waals surface area contributed by atoms with Crippen LogP contribution < -0.4 is 10.9 Å². The molecule has 0 radical (unpaired) electrons. The second-order valence-electron chi connectivity index (χ2n) is 8.99. The Bertz CT molecular complexity index is 1270. The summed E-state index contributed by atoms with van der Waals surface area (Å²) in [7, 11) is -3.21. The lowest BCUT2D eigenvalue weighted by atomic mass is 9.95. The molecule has 2 saturated carbocycles. The highest BCUT2D eigenvalue weighted by atomic mass is 32.2. The smallest absolute Gasteiger partial charge is 0.269 e. The first kappa shape index (κ1) is 20.5. The van der Waals surface area contributed by atoms with Crippen LogP contribution in [0.4, 0.5) is 14.7 Å². The van der Waals surface area contributed by atoms with Gasteiger partial charge in [-0.1, -0.05) is 0 Å². The monoisotopic (exact) mass is 472 g/mol. The van der Waals surface area contributed by atoms with E-state index in [9.17, 15) is 27.1 Å². The average molecular weight is 473 g/mol.